The topological polar surface area (TPSA) is 78.9 Å². The third-order valence-electron chi connectivity index (χ3n) is 8.23. The molecule has 2 aliphatic heterocycles. The number of carbonyl (C=O) groups excluding carboxylic acids is 1. The molecule has 2 fully saturated rings. The van der Waals surface area contributed by atoms with Gasteiger partial charge in [0, 0.05) is 24.2 Å². The fraction of sp³-hybridized carbons (Fsp3) is 0.379. The molecule has 0 radical (unpaired) electrons. The van der Waals surface area contributed by atoms with Crippen molar-refractivity contribution in [3.8, 4) is 16.9 Å². The zero-order chi connectivity index (χ0) is 25.7. The van der Waals surface area contributed by atoms with Crippen LogP contribution in [0.25, 0.3) is 11.1 Å². The molecule has 2 aromatic carbocycles. The molecule has 37 heavy (non-hydrogen) atoms. The molecule has 2 aliphatic carbocycles. The van der Waals surface area contributed by atoms with Crippen molar-refractivity contribution in [1.82, 2.24) is 10.2 Å². The molecule has 6 nitrogen and oxygen atoms in total. The van der Waals surface area contributed by atoms with Crippen molar-refractivity contribution in [2.75, 3.05) is 7.11 Å². The monoisotopic (exact) mass is 520 g/mol. The Kier molecular flexibility index (Phi) is 6.02. The Morgan fingerprint density at radius 3 is 2.59 bits per heavy atom. The summed E-state index contributed by atoms with van der Waals surface area (Å²) in [5.74, 6) is -0.779. The van der Waals surface area contributed by atoms with Crippen molar-refractivity contribution in [1.29, 1.82) is 0 Å². The van der Waals surface area contributed by atoms with Crippen LogP contribution in [0.4, 0.5) is 4.39 Å². The normalized spacial score (nSPS) is 29.4. The van der Waals surface area contributed by atoms with E-state index in [-0.39, 0.29) is 40.4 Å². The first-order chi connectivity index (χ1) is 17.8. The van der Waals surface area contributed by atoms with Crippen LogP contribution >= 0.6 is 11.8 Å². The van der Waals surface area contributed by atoms with E-state index in [1.54, 1.807) is 11.8 Å². The molecule has 1 amide bonds. The Labute approximate surface area is 219 Å². The van der Waals surface area contributed by atoms with Crippen LogP contribution in [0, 0.1) is 17.2 Å². The predicted molar refractivity (Wildman–Crippen MR) is 140 cm³/mol. The van der Waals surface area contributed by atoms with Gasteiger partial charge in [-0.1, -0.05) is 30.3 Å². The zero-order valence-corrected chi connectivity index (χ0v) is 21.3. The number of benzene rings is 2. The Hall–Kier alpha value is -3.26. The lowest BCUT2D eigenvalue weighted by molar-refractivity contribution is -0.156. The third-order valence-corrected chi connectivity index (χ3v) is 9.35. The number of rotatable bonds is 7. The van der Waals surface area contributed by atoms with Gasteiger partial charge in [0.05, 0.1) is 24.3 Å². The SMILES string of the molecule is COc1cc(F)cc(-c2ccc(CN3C=CC4SC=C(C(=O)NC5CC6(C5)CC(C(=O)O)C6)C43)cc2)c1. The second kappa shape index (κ2) is 9.24. The van der Waals surface area contributed by atoms with Gasteiger partial charge in [0.1, 0.15) is 11.6 Å². The summed E-state index contributed by atoms with van der Waals surface area (Å²) < 4.78 is 19.1. The molecule has 2 unspecified atom stereocenters. The summed E-state index contributed by atoms with van der Waals surface area (Å²) in [6.45, 7) is 0.665. The van der Waals surface area contributed by atoms with E-state index in [0.717, 1.165) is 47.9 Å². The molecule has 6 rings (SSSR count). The maximum atomic E-state index is 13.9. The van der Waals surface area contributed by atoms with Gasteiger partial charge in [-0.05, 0) is 71.5 Å². The van der Waals surface area contributed by atoms with E-state index in [0.29, 0.717) is 12.3 Å². The minimum atomic E-state index is -0.699. The zero-order valence-electron chi connectivity index (χ0n) is 20.5. The first kappa shape index (κ1) is 24.1. The fourth-order valence-corrected chi connectivity index (χ4v) is 7.49. The number of carbonyl (C=O) groups is 2. The van der Waals surface area contributed by atoms with E-state index >= 15 is 0 Å². The van der Waals surface area contributed by atoms with Crippen LogP contribution in [0.1, 0.15) is 31.2 Å². The van der Waals surface area contributed by atoms with Crippen molar-refractivity contribution >= 4 is 23.6 Å². The summed E-state index contributed by atoms with van der Waals surface area (Å²) in [6, 6.07) is 12.8. The number of ether oxygens (including phenoxy) is 1. The number of fused-ring (bicyclic) bond motifs is 1. The number of hydrogen-bond acceptors (Lipinski definition) is 5. The second-order valence-corrected chi connectivity index (χ2v) is 11.8. The van der Waals surface area contributed by atoms with Crippen LogP contribution in [0.5, 0.6) is 5.75 Å². The lowest BCUT2D eigenvalue weighted by Gasteiger charge is -2.56. The molecule has 2 atom stereocenters. The summed E-state index contributed by atoms with van der Waals surface area (Å²) in [5, 5.41) is 14.5. The quantitative estimate of drug-likeness (QED) is 0.538. The molecule has 1 spiro atoms. The Morgan fingerprint density at radius 1 is 1.14 bits per heavy atom. The number of carboxylic acid groups (broad SMARTS) is 1. The summed E-state index contributed by atoms with van der Waals surface area (Å²) in [7, 11) is 1.52. The summed E-state index contributed by atoms with van der Waals surface area (Å²) >= 11 is 1.68. The number of amides is 1. The first-order valence-corrected chi connectivity index (χ1v) is 13.5. The highest BCUT2D eigenvalue weighted by Crippen LogP contribution is 2.58. The van der Waals surface area contributed by atoms with Crippen molar-refractivity contribution < 1.29 is 23.8 Å². The van der Waals surface area contributed by atoms with Crippen LogP contribution in [0.2, 0.25) is 0 Å². The van der Waals surface area contributed by atoms with Gasteiger partial charge in [-0.15, -0.1) is 11.8 Å². The first-order valence-electron chi connectivity index (χ1n) is 12.6. The molecular formula is C29H29FN2O4S. The molecule has 192 valence electrons. The highest BCUT2D eigenvalue weighted by atomic mass is 32.2. The van der Waals surface area contributed by atoms with Crippen molar-refractivity contribution in [3.63, 3.8) is 0 Å². The number of carboxylic acids is 1. The van der Waals surface area contributed by atoms with Gasteiger partial charge >= 0.3 is 5.97 Å². The summed E-state index contributed by atoms with van der Waals surface area (Å²) in [4.78, 5) is 26.5. The van der Waals surface area contributed by atoms with Crippen LogP contribution in [-0.4, -0.2) is 46.3 Å². The molecule has 4 aliphatic rings. The van der Waals surface area contributed by atoms with E-state index in [1.807, 2.05) is 35.7 Å². The fourth-order valence-electron chi connectivity index (χ4n) is 6.33. The van der Waals surface area contributed by atoms with Crippen molar-refractivity contribution in [3.05, 3.63) is 77.1 Å². The standard InChI is InChI=1S/C29H29FN2O4S/c1-36-23-9-19(8-21(30)10-23)18-4-2-17(3-5-18)15-32-7-6-25-26(32)24(16-37-25)27(33)31-22-13-29(14-22)11-20(12-29)28(34)35/h2-10,16,20,22,25-26H,11-15H2,1H3,(H,31,33)(H,34,35). The third kappa shape index (κ3) is 4.52. The van der Waals surface area contributed by atoms with E-state index in [1.165, 1.54) is 19.2 Å². The van der Waals surface area contributed by atoms with Gasteiger partial charge in [-0.25, -0.2) is 4.39 Å². The van der Waals surface area contributed by atoms with E-state index in [4.69, 9.17) is 9.84 Å². The largest absolute Gasteiger partial charge is 0.497 e. The number of hydrogen-bond donors (Lipinski definition) is 2. The number of thioether (sulfide) groups is 1. The average molecular weight is 521 g/mol. The van der Waals surface area contributed by atoms with Gasteiger partial charge < -0.3 is 20.1 Å². The molecule has 2 saturated carbocycles. The van der Waals surface area contributed by atoms with E-state index < -0.39 is 5.97 Å². The van der Waals surface area contributed by atoms with Crippen molar-refractivity contribution in [2.24, 2.45) is 11.3 Å². The van der Waals surface area contributed by atoms with Gasteiger partial charge in [0.2, 0.25) is 5.91 Å². The minimum Gasteiger partial charge on any atom is -0.497 e. The number of nitrogens with one attached hydrogen (secondary N) is 1. The Balaban J connectivity index is 1.07. The molecule has 0 bridgehead atoms. The summed E-state index contributed by atoms with van der Waals surface area (Å²) in [5.41, 5.74) is 3.70. The highest BCUT2D eigenvalue weighted by Gasteiger charge is 2.55. The molecule has 2 aromatic rings. The van der Waals surface area contributed by atoms with Crippen molar-refractivity contribution in [2.45, 2.75) is 49.6 Å². The van der Waals surface area contributed by atoms with Gasteiger partial charge in [-0.3, -0.25) is 9.59 Å². The molecular weight excluding hydrogens is 491 g/mol. The lowest BCUT2D eigenvalue weighted by Crippen LogP contribution is -2.58. The van der Waals surface area contributed by atoms with Crippen LogP contribution in [0.15, 0.2) is 65.7 Å². The highest BCUT2D eigenvalue weighted by molar-refractivity contribution is 8.03. The maximum Gasteiger partial charge on any atom is 0.306 e. The molecule has 0 saturated heterocycles. The maximum absolute atomic E-state index is 13.9. The van der Waals surface area contributed by atoms with Crippen LogP contribution in [0.3, 0.4) is 0 Å². The van der Waals surface area contributed by atoms with E-state index in [9.17, 15) is 14.0 Å². The lowest BCUT2D eigenvalue weighted by atomic mass is 9.50. The average Bonchev–Trinajstić information content (AvgIpc) is 3.42. The molecule has 2 heterocycles. The number of halogens is 1. The number of aliphatic carboxylic acids is 1. The smallest absolute Gasteiger partial charge is 0.306 e. The Morgan fingerprint density at radius 2 is 1.89 bits per heavy atom. The second-order valence-electron chi connectivity index (χ2n) is 10.7. The van der Waals surface area contributed by atoms with E-state index in [2.05, 4.69) is 22.5 Å². The molecule has 2 N–H and O–H groups in total. The summed E-state index contributed by atoms with van der Waals surface area (Å²) in [6.07, 6.45) is 7.46. The number of methoxy groups -OCH3 is 1. The minimum absolute atomic E-state index is 0.00807. The molecule has 0 aromatic heterocycles. The predicted octanol–water partition coefficient (Wildman–Crippen LogP) is 4.96. The molecule has 8 heteroatoms. The Bertz CT molecular complexity index is 1290. The van der Waals surface area contributed by atoms with Gasteiger partial charge in [0.25, 0.3) is 0 Å². The van der Waals surface area contributed by atoms with Gasteiger partial charge in [-0.2, -0.15) is 0 Å². The van der Waals surface area contributed by atoms with Crippen LogP contribution < -0.4 is 10.1 Å². The number of nitrogens with zero attached hydrogens (tertiary/aromatic N) is 1. The van der Waals surface area contributed by atoms with Gasteiger partial charge in [0.15, 0.2) is 0 Å². The van der Waals surface area contributed by atoms with Crippen LogP contribution in [-0.2, 0) is 16.1 Å².